The Morgan fingerprint density at radius 1 is 0.765 bits per heavy atom. The lowest BCUT2D eigenvalue weighted by atomic mass is 10.1. The minimum Gasteiger partial charge on any atom is -0.340 e. The minimum atomic E-state index is -4.45. The highest BCUT2D eigenvalue weighted by molar-refractivity contribution is 6.04. The van der Waals surface area contributed by atoms with Gasteiger partial charge in [0.05, 0.1) is 5.56 Å². The van der Waals surface area contributed by atoms with Gasteiger partial charge in [-0.25, -0.2) is 15.0 Å². The molecule has 0 bridgehead atoms. The molecular formula is C24H19F3N6O. The molecule has 7 nitrogen and oxygen atoms in total. The van der Waals surface area contributed by atoms with Crippen LogP contribution in [0.1, 0.15) is 21.5 Å². The van der Waals surface area contributed by atoms with Gasteiger partial charge in [0, 0.05) is 29.2 Å². The molecule has 2 heterocycles. The fourth-order valence-electron chi connectivity index (χ4n) is 3.03. The Bertz CT molecular complexity index is 1290. The summed E-state index contributed by atoms with van der Waals surface area (Å²) in [6.45, 7) is 1.97. The molecule has 0 aliphatic heterocycles. The maximum Gasteiger partial charge on any atom is 0.416 e. The van der Waals surface area contributed by atoms with Crippen LogP contribution in [0.3, 0.4) is 0 Å². The molecule has 0 aliphatic rings. The molecule has 0 saturated heterocycles. The van der Waals surface area contributed by atoms with Crippen molar-refractivity contribution in [3.05, 3.63) is 95.9 Å². The molecule has 0 unspecified atom stereocenters. The second-order valence-electron chi connectivity index (χ2n) is 7.36. The molecule has 0 saturated carbocycles. The molecule has 0 radical (unpaired) electrons. The Balaban J connectivity index is 1.38. The van der Waals surface area contributed by atoms with E-state index in [1.54, 1.807) is 36.5 Å². The standard InChI is InChI=1S/C24H19F3N6O/c1-15-10-11-28-20(12-15)33-22-13-21(29-14-30-22)31-18-6-8-19(9-7-18)32-23(34)16-2-4-17(5-3-16)24(25,26)27/h2-14H,1H3,(H,32,34)(H2,28,29,30,31,33). The Morgan fingerprint density at radius 2 is 1.38 bits per heavy atom. The predicted octanol–water partition coefficient (Wildman–Crippen LogP) is 5.94. The van der Waals surface area contributed by atoms with Crippen LogP contribution in [0.5, 0.6) is 0 Å². The van der Waals surface area contributed by atoms with Crippen LogP contribution in [0, 0.1) is 6.92 Å². The van der Waals surface area contributed by atoms with E-state index in [0.29, 0.717) is 28.8 Å². The molecule has 4 rings (SSSR count). The monoisotopic (exact) mass is 464 g/mol. The lowest BCUT2D eigenvalue weighted by Crippen LogP contribution is -2.12. The van der Waals surface area contributed by atoms with Gasteiger partial charge in [0.1, 0.15) is 23.8 Å². The Labute approximate surface area is 193 Å². The first-order valence-electron chi connectivity index (χ1n) is 10.1. The van der Waals surface area contributed by atoms with Gasteiger partial charge in [0.15, 0.2) is 0 Å². The molecule has 4 aromatic rings. The quantitative estimate of drug-likeness (QED) is 0.327. The lowest BCUT2D eigenvalue weighted by molar-refractivity contribution is -0.137. The SMILES string of the molecule is Cc1ccnc(Nc2cc(Nc3ccc(NC(=O)c4ccc(C(F)(F)F)cc4)cc3)ncn2)c1. The van der Waals surface area contributed by atoms with Crippen LogP contribution in [0.2, 0.25) is 0 Å². The second kappa shape index (κ2) is 9.57. The fraction of sp³-hybridized carbons (Fsp3) is 0.0833. The number of aromatic nitrogens is 3. The van der Waals surface area contributed by atoms with Crippen molar-refractivity contribution in [1.82, 2.24) is 15.0 Å². The number of nitrogens with one attached hydrogen (secondary N) is 3. The first kappa shape index (κ1) is 22.7. The second-order valence-corrected chi connectivity index (χ2v) is 7.36. The van der Waals surface area contributed by atoms with Crippen molar-refractivity contribution in [1.29, 1.82) is 0 Å². The summed E-state index contributed by atoms with van der Waals surface area (Å²) in [5.41, 5.74) is 1.59. The average molecular weight is 464 g/mol. The van der Waals surface area contributed by atoms with Gasteiger partial charge >= 0.3 is 6.18 Å². The average Bonchev–Trinajstić information content (AvgIpc) is 2.80. The summed E-state index contributed by atoms with van der Waals surface area (Å²) in [5.74, 6) is 1.27. The number of rotatable bonds is 6. The van der Waals surface area contributed by atoms with Crippen LogP contribution in [0.25, 0.3) is 0 Å². The van der Waals surface area contributed by atoms with Gasteiger partial charge in [-0.3, -0.25) is 4.79 Å². The van der Waals surface area contributed by atoms with E-state index in [1.165, 1.54) is 6.33 Å². The molecule has 10 heteroatoms. The molecule has 34 heavy (non-hydrogen) atoms. The summed E-state index contributed by atoms with van der Waals surface area (Å²) >= 11 is 0. The van der Waals surface area contributed by atoms with Gasteiger partial charge < -0.3 is 16.0 Å². The van der Waals surface area contributed by atoms with E-state index >= 15 is 0 Å². The lowest BCUT2D eigenvalue weighted by Gasteiger charge is -2.10. The minimum absolute atomic E-state index is 0.124. The summed E-state index contributed by atoms with van der Waals surface area (Å²) in [6.07, 6.45) is -1.33. The molecule has 3 N–H and O–H groups in total. The number of halogens is 3. The number of carbonyl (C=O) groups excluding carboxylic acids is 1. The van der Waals surface area contributed by atoms with Crippen molar-refractivity contribution in [2.45, 2.75) is 13.1 Å². The number of aryl methyl sites for hydroxylation is 1. The van der Waals surface area contributed by atoms with Crippen LogP contribution in [0.4, 0.5) is 42.0 Å². The molecule has 0 aliphatic carbocycles. The van der Waals surface area contributed by atoms with Crippen molar-refractivity contribution in [3.8, 4) is 0 Å². The largest absolute Gasteiger partial charge is 0.416 e. The number of benzene rings is 2. The summed E-state index contributed by atoms with van der Waals surface area (Å²) in [4.78, 5) is 24.9. The third-order valence-electron chi connectivity index (χ3n) is 4.73. The van der Waals surface area contributed by atoms with E-state index < -0.39 is 17.6 Å². The van der Waals surface area contributed by atoms with Crippen molar-refractivity contribution < 1.29 is 18.0 Å². The van der Waals surface area contributed by atoms with Crippen LogP contribution in [-0.4, -0.2) is 20.9 Å². The number of alkyl halides is 3. The molecule has 0 atom stereocenters. The molecule has 172 valence electrons. The van der Waals surface area contributed by atoms with Crippen molar-refractivity contribution in [2.75, 3.05) is 16.0 Å². The summed E-state index contributed by atoms with van der Waals surface area (Å²) in [7, 11) is 0. The maximum absolute atomic E-state index is 12.7. The van der Waals surface area contributed by atoms with Gasteiger partial charge in [-0.1, -0.05) is 0 Å². The predicted molar refractivity (Wildman–Crippen MR) is 123 cm³/mol. The van der Waals surface area contributed by atoms with Crippen molar-refractivity contribution in [2.24, 2.45) is 0 Å². The number of pyridine rings is 1. The summed E-state index contributed by atoms with van der Waals surface area (Å²) in [6, 6.07) is 16.4. The highest BCUT2D eigenvalue weighted by Gasteiger charge is 2.30. The number of amides is 1. The normalized spacial score (nSPS) is 11.1. The van der Waals surface area contributed by atoms with E-state index in [9.17, 15) is 18.0 Å². The first-order valence-corrected chi connectivity index (χ1v) is 10.1. The number of anilines is 5. The molecule has 0 spiro atoms. The zero-order chi connectivity index (χ0) is 24.1. The number of nitrogens with zero attached hydrogens (tertiary/aromatic N) is 3. The molecule has 1 amide bonds. The van der Waals surface area contributed by atoms with Gasteiger partial charge in [0.2, 0.25) is 0 Å². The smallest absolute Gasteiger partial charge is 0.340 e. The molecular weight excluding hydrogens is 445 g/mol. The van der Waals surface area contributed by atoms with E-state index in [0.717, 1.165) is 29.8 Å². The van der Waals surface area contributed by atoms with E-state index in [-0.39, 0.29) is 5.56 Å². The number of hydrogen-bond donors (Lipinski definition) is 3. The van der Waals surface area contributed by atoms with Crippen LogP contribution in [0.15, 0.2) is 79.3 Å². The van der Waals surface area contributed by atoms with Crippen molar-refractivity contribution >= 4 is 34.7 Å². The van der Waals surface area contributed by atoms with Crippen LogP contribution in [-0.2, 0) is 6.18 Å². The Hall–Kier alpha value is -4.47. The molecule has 2 aromatic carbocycles. The molecule has 2 aromatic heterocycles. The highest BCUT2D eigenvalue weighted by atomic mass is 19.4. The van der Waals surface area contributed by atoms with Gasteiger partial charge in [-0.05, 0) is 73.2 Å². The van der Waals surface area contributed by atoms with E-state index in [1.807, 2.05) is 19.1 Å². The van der Waals surface area contributed by atoms with Gasteiger partial charge in [-0.2, -0.15) is 13.2 Å². The van der Waals surface area contributed by atoms with Crippen LogP contribution >= 0.6 is 0 Å². The third-order valence-corrected chi connectivity index (χ3v) is 4.73. The zero-order valence-corrected chi connectivity index (χ0v) is 17.9. The first-order chi connectivity index (χ1) is 16.3. The zero-order valence-electron chi connectivity index (χ0n) is 17.9. The number of carbonyl (C=O) groups is 1. The molecule has 0 fully saturated rings. The highest BCUT2D eigenvalue weighted by Crippen LogP contribution is 2.29. The summed E-state index contributed by atoms with van der Waals surface area (Å²) in [5, 5.41) is 8.92. The van der Waals surface area contributed by atoms with Gasteiger partial charge in [0.25, 0.3) is 5.91 Å². The number of hydrogen-bond acceptors (Lipinski definition) is 6. The fourth-order valence-corrected chi connectivity index (χ4v) is 3.03. The van der Waals surface area contributed by atoms with Gasteiger partial charge in [-0.15, -0.1) is 0 Å². The topological polar surface area (TPSA) is 91.8 Å². The van der Waals surface area contributed by atoms with E-state index in [2.05, 4.69) is 30.9 Å². The van der Waals surface area contributed by atoms with E-state index in [4.69, 9.17) is 0 Å². The van der Waals surface area contributed by atoms with Crippen molar-refractivity contribution in [3.63, 3.8) is 0 Å². The third kappa shape index (κ3) is 5.85. The Kier molecular flexibility index (Phi) is 6.39. The Morgan fingerprint density at radius 3 is 2.03 bits per heavy atom. The summed E-state index contributed by atoms with van der Waals surface area (Å²) < 4.78 is 38.0. The van der Waals surface area contributed by atoms with Crippen LogP contribution < -0.4 is 16.0 Å². The maximum atomic E-state index is 12.7.